The smallest absolute Gasteiger partial charge is 0.279 e. The van der Waals surface area contributed by atoms with Gasteiger partial charge >= 0.3 is 0 Å². The van der Waals surface area contributed by atoms with Gasteiger partial charge in [-0.15, -0.1) is 0 Å². The standard InChI is InChI=1S/C19H27N3O.C7H8.Y/c1-5-22(10-8-6-7-9-11-22)14-18(23)21-19-15(2)12-17(20-4)13-16(19)3;1-7-5-3-2-4-6-7;/h12-13H,5-11,14H2,1-3H3;2-6H,1H3;/p+1. The van der Waals surface area contributed by atoms with E-state index in [1.54, 1.807) is 0 Å². The monoisotopic (exact) mass is 495 g/mol. The maximum absolute atomic E-state index is 12.6. The van der Waals surface area contributed by atoms with E-state index in [4.69, 9.17) is 6.57 Å². The van der Waals surface area contributed by atoms with Crippen LogP contribution in [0.25, 0.3) is 4.85 Å². The van der Waals surface area contributed by atoms with Crippen LogP contribution in [0.1, 0.15) is 49.3 Å². The summed E-state index contributed by atoms with van der Waals surface area (Å²) in [6, 6.07) is 13.9. The number of nitrogens with zero attached hydrogens (tertiary/aromatic N) is 2. The second kappa shape index (κ2) is 13.8. The number of carbonyl (C=O) groups is 1. The van der Waals surface area contributed by atoms with Gasteiger partial charge in [-0.1, -0.05) is 48.0 Å². The summed E-state index contributed by atoms with van der Waals surface area (Å²) in [7, 11) is 0. The topological polar surface area (TPSA) is 33.5 Å². The minimum absolute atomic E-state index is 0. The van der Waals surface area contributed by atoms with Gasteiger partial charge in [0.15, 0.2) is 12.2 Å². The number of amides is 1. The van der Waals surface area contributed by atoms with Gasteiger partial charge < -0.3 is 9.80 Å². The third kappa shape index (κ3) is 8.85. The van der Waals surface area contributed by atoms with E-state index in [0.29, 0.717) is 12.2 Å². The third-order valence-electron chi connectivity index (χ3n) is 6.02. The Hall–Kier alpha value is -1.54. The second-order valence-corrected chi connectivity index (χ2v) is 8.45. The van der Waals surface area contributed by atoms with E-state index < -0.39 is 0 Å². The number of rotatable bonds is 4. The SMILES string of the molecule is Cc1ccccc1.[C-]#[N+]c1cc(C)c(NC(=O)C[N+]2(CC)CCCCCC2)c(C)c1.[Y]. The average Bonchev–Trinajstić information content (AvgIpc) is 2.97. The Kier molecular flexibility index (Phi) is 12.2. The second-order valence-electron chi connectivity index (χ2n) is 8.45. The van der Waals surface area contributed by atoms with Crippen LogP contribution in [-0.2, 0) is 37.5 Å². The zero-order valence-electron chi connectivity index (χ0n) is 19.6. The fourth-order valence-corrected chi connectivity index (χ4v) is 4.17. The van der Waals surface area contributed by atoms with Gasteiger partial charge in [-0.2, -0.15) is 0 Å². The van der Waals surface area contributed by atoms with Gasteiger partial charge in [0.1, 0.15) is 0 Å². The number of nitrogens with one attached hydrogen (secondary N) is 1. The molecule has 0 spiro atoms. The van der Waals surface area contributed by atoms with Gasteiger partial charge in [0, 0.05) is 38.4 Å². The number of likely N-dealkylation sites (tertiary alicyclic amines) is 1. The van der Waals surface area contributed by atoms with E-state index in [-0.39, 0.29) is 38.6 Å². The Labute approximate surface area is 213 Å². The van der Waals surface area contributed by atoms with Gasteiger partial charge in [-0.3, -0.25) is 4.79 Å². The van der Waals surface area contributed by atoms with Gasteiger partial charge in [-0.25, -0.2) is 4.85 Å². The molecule has 2 aromatic rings. The molecule has 163 valence electrons. The van der Waals surface area contributed by atoms with E-state index in [0.717, 1.165) is 40.9 Å². The normalized spacial score (nSPS) is 14.7. The van der Waals surface area contributed by atoms with Gasteiger partial charge in [0.25, 0.3) is 5.91 Å². The van der Waals surface area contributed by atoms with Crippen molar-refractivity contribution >= 4 is 17.3 Å². The van der Waals surface area contributed by atoms with Crippen LogP contribution in [0.3, 0.4) is 0 Å². The maximum Gasteiger partial charge on any atom is 0.279 e. The molecule has 0 aromatic heterocycles. The molecule has 5 heteroatoms. The predicted octanol–water partition coefficient (Wildman–Crippen LogP) is 6.20. The average molecular weight is 496 g/mol. The summed E-state index contributed by atoms with van der Waals surface area (Å²) in [5.74, 6) is 0.0931. The van der Waals surface area contributed by atoms with Crippen molar-refractivity contribution in [2.75, 3.05) is 31.5 Å². The molecule has 1 fully saturated rings. The van der Waals surface area contributed by atoms with Crippen molar-refractivity contribution in [3.8, 4) is 0 Å². The molecule has 0 bridgehead atoms. The molecule has 1 amide bonds. The van der Waals surface area contributed by atoms with E-state index in [2.05, 4.69) is 36.1 Å². The van der Waals surface area contributed by atoms with Gasteiger partial charge in [0.2, 0.25) is 0 Å². The quantitative estimate of drug-likeness (QED) is 0.398. The maximum atomic E-state index is 12.6. The van der Waals surface area contributed by atoms with Crippen LogP contribution in [0.4, 0.5) is 11.4 Å². The first kappa shape index (κ1) is 27.5. The van der Waals surface area contributed by atoms with Crippen LogP contribution in [-0.4, -0.2) is 36.6 Å². The molecule has 1 saturated heterocycles. The third-order valence-corrected chi connectivity index (χ3v) is 6.02. The molecule has 1 N–H and O–H groups in total. The van der Waals surface area contributed by atoms with Crippen molar-refractivity contribution in [1.82, 2.24) is 0 Å². The Balaban J connectivity index is 0.000000510. The molecule has 1 radical (unpaired) electrons. The molecule has 3 rings (SSSR count). The van der Waals surface area contributed by atoms with E-state index in [1.807, 2.05) is 44.2 Å². The van der Waals surface area contributed by atoms with Crippen molar-refractivity contribution in [3.63, 3.8) is 0 Å². The summed E-state index contributed by atoms with van der Waals surface area (Å²) in [4.78, 5) is 16.1. The van der Waals surface area contributed by atoms with Crippen LogP contribution in [0.2, 0.25) is 0 Å². The molecular formula is C26H36N3OY+. The molecular weight excluding hydrogens is 459 g/mol. The fraction of sp³-hybridized carbons (Fsp3) is 0.462. The molecule has 0 unspecified atom stereocenters. The molecule has 0 atom stereocenters. The van der Waals surface area contributed by atoms with Crippen molar-refractivity contribution in [2.45, 2.75) is 53.4 Å². The van der Waals surface area contributed by atoms with Crippen LogP contribution >= 0.6 is 0 Å². The first-order valence-corrected chi connectivity index (χ1v) is 11.0. The summed E-state index contributed by atoms with van der Waals surface area (Å²) < 4.78 is 0.907. The number of aryl methyl sites for hydroxylation is 3. The van der Waals surface area contributed by atoms with E-state index in [9.17, 15) is 4.79 Å². The zero-order chi connectivity index (χ0) is 22.0. The minimum Gasteiger partial charge on any atom is -0.321 e. The fourth-order valence-electron chi connectivity index (χ4n) is 4.17. The van der Waals surface area contributed by atoms with Crippen molar-refractivity contribution in [3.05, 3.63) is 70.6 Å². The van der Waals surface area contributed by atoms with Crippen molar-refractivity contribution < 1.29 is 42.0 Å². The molecule has 1 heterocycles. The number of carbonyl (C=O) groups excluding carboxylic acids is 1. The zero-order valence-corrected chi connectivity index (χ0v) is 22.4. The van der Waals surface area contributed by atoms with Crippen LogP contribution in [0.15, 0.2) is 42.5 Å². The molecule has 31 heavy (non-hydrogen) atoms. The van der Waals surface area contributed by atoms with Gasteiger partial charge in [0.05, 0.1) is 26.2 Å². The van der Waals surface area contributed by atoms with E-state index in [1.165, 1.54) is 31.2 Å². The summed E-state index contributed by atoms with van der Waals surface area (Å²) in [5, 5.41) is 3.10. The molecule has 1 aliphatic rings. The summed E-state index contributed by atoms with van der Waals surface area (Å²) in [5.41, 5.74) is 4.74. The van der Waals surface area contributed by atoms with E-state index >= 15 is 0 Å². The van der Waals surface area contributed by atoms with Crippen LogP contribution < -0.4 is 5.32 Å². The first-order chi connectivity index (χ1) is 14.4. The molecule has 0 aliphatic carbocycles. The number of quaternary nitrogens is 1. The first-order valence-electron chi connectivity index (χ1n) is 11.0. The Morgan fingerprint density at radius 1 is 1.00 bits per heavy atom. The molecule has 0 saturated carbocycles. The minimum atomic E-state index is 0. The molecule has 1 aliphatic heterocycles. The van der Waals surface area contributed by atoms with Crippen LogP contribution in [0.5, 0.6) is 0 Å². The number of hydrogen-bond donors (Lipinski definition) is 1. The molecule has 4 nitrogen and oxygen atoms in total. The predicted molar refractivity (Wildman–Crippen MR) is 126 cm³/mol. The van der Waals surface area contributed by atoms with Gasteiger partial charge in [-0.05, 0) is 64.5 Å². The summed E-state index contributed by atoms with van der Waals surface area (Å²) >= 11 is 0. The number of likely N-dealkylation sites (N-methyl/N-ethyl adjacent to an activating group) is 1. The Morgan fingerprint density at radius 2 is 1.55 bits per heavy atom. The number of benzene rings is 2. The largest absolute Gasteiger partial charge is 0.321 e. The summed E-state index contributed by atoms with van der Waals surface area (Å²) in [6.45, 7) is 19.1. The Morgan fingerprint density at radius 3 is 1.97 bits per heavy atom. The van der Waals surface area contributed by atoms with Crippen LogP contribution in [0, 0.1) is 27.3 Å². The van der Waals surface area contributed by atoms with Crippen molar-refractivity contribution in [1.29, 1.82) is 0 Å². The van der Waals surface area contributed by atoms with Crippen molar-refractivity contribution in [2.24, 2.45) is 0 Å². The molecule has 2 aromatic carbocycles. The number of hydrogen-bond acceptors (Lipinski definition) is 1. The summed E-state index contributed by atoms with van der Waals surface area (Å²) in [6.07, 6.45) is 5.02. The Bertz CT molecular complexity index is 843. The number of anilines is 1.